The third kappa shape index (κ3) is 3.78. The number of likely N-dealkylation sites (N-methyl/N-ethyl adjacent to an activating group) is 1. The first-order chi connectivity index (χ1) is 9.08. The van der Waals surface area contributed by atoms with Crippen molar-refractivity contribution >= 4 is 21.8 Å². The highest BCUT2D eigenvalue weighted by Gasteiger charge is 2.25. The van der Waals surface area contributed by atoms with Crippen LogP contribution in [0.15, 0.2) is 22.7 Å². The van der Waals surface area contributed by atoms with Crippen LogP contribution in [0.3, 0.4) is 0 Å². The zero-order valence-electron chi connectivity index (χ0n) is 11.3. The molecule has 1 aliphatic heterocycles. The fraction of sp³-hybridized carbons (Fsp3) is 0.500. The zero-order valence-corrected chi connectivity index (χ0v) is 12.9. The van der Waals surface area contributed by atoms with E-state index in [1.807, 2.05) is 13.1 Å². The van der Waals surface area contributed by atoms with Crippen LogP contribution in [0.1, 0.15) is 11.1 Å². The average Bonchev–Trinajstić information content (AvgIpc) is 2.43. The van der Waals surface area contributed by atoms with Gasteiger partial charge in [-0.05, 0) is 30.2 Å². The molecule has 1 aromatic rings. The van der Waals surface area contributed by atoms with E-state index >= 15 is 0 Å². The fourth-order valence-electron chi connectivity index (χ4n) is 2.11. The first-order valence-electron chi connectivity index (χ1n) is 6.40. The van der Waals surface area contributed by atoms with E-state index in [0.29, 0.717) is 19.7 Å². The maximum atomic E-state index is 12.2. The monoisotopic (exact) mass is 326 g/mol. The van der Waals surface area contributed by atoms with Gasteiger partial charge in [0.05, 0.1) is 6.61 Å². The molecule has 4 nitrogen and oxygen atoms in total. The highest BCUT2D eigenvalue weighted by Crippen LogP contribution is 2.18. The highest BCUT2D eigenvalue weighted by molar-refractivity contribution is 9.10. The molecular weight excluding hydrogens is 308 g/mol. The maximum absolute atomic E-state index is 12.2. The van der Waals surface area contributed by atoms with Crippen LogP contribution in [-0.4, -0.2) is 43.7 Å². The average molecular weight is 327 g/mol. The first kappa shape index (κ1) is 14.5. The van der Waals surface area contributed by atoms with Gasteiger partial charge in [0.15, 0.2) is 0 Å². The smallest absolute Gasteiger partial charge is 0.253 e. The van der Waals surface area contributed by atoms with Gasteiger partial charge in [-0.1, -0.05) is 22.0 Å². The number of halogens is 1. The van der Waals surface area contributed by atoms with Crippen molar-refractivity contribution in [2.75, 3.05) is 26.7 Å². The zero-order chi connectivity index (χ0) is 13.8. The Morgan fingerprint density at radius 1 is 1.58 bits per heavy atom. The molecule has 2 rings (SSSR count). The third-order valence-corrected chi connectivity index (χ3v) is 3.79. The van der Waals surface area contributed by atoms with E-state index in [1.54, 1.807) is 4.90 Å². The molecule has 0 aliphatic carbocycles. The topological polar surface area (TPSA) is 41.6 Å². The predicted octanol–water partition coefficient (Wildman–Crippen LogP) is 1.70. The summed E-state index contributed by atoms with van der Waals surface area (Å²) in [6, 6.07) is 6.12. The minimum absolute atomic E-state index is 0.0339. The second-order valence-electron chi connectivity index (χ2n) is 4.83. The van der Waals surface area contributed by atoms with Crippen molar-refractivity contribution in [3.05, 3.63) is 33.8 Å². The van der Waals surface area contributed by atoms with Crippen molar-refractivity contribution in [3.8, 4) is 0 Å². The summed E-state index contributed by atoms with van der Waals surface area (Å²) in [6.45, 7) is 4.67. The fourth-order valence-corrected chi connectivity index (χ4v) is 2.52. The van der Waals surface area contributed by atoms with Gasteiger partial charge >= 0.3 is 0 Å². The van der Waals surface area contributed by atoms with E-state index in [9.17, 15) is 4.79 Å². The molecule has 0 bridgehead atoms. The van der Waals surface area contributed by atoms with Crippen molar-refractivity contribution in [2.45, 2.75) is 19.6 Å². The van der Waals surface area contributed by atoms with E-state index in [0.717, 1.165) is 16.6 Å². The molecule has 1 heterocycles. The van der Waals surface area contributed by atoms with Crippen molar-refractivity contribution < 1.29 is 9.53 Å². The number of carbonyl (C=O) groups is 1. The molecule has 104 valence electrons. The van der Waals surface area contributed by atoms with E-state index in [4.69, 9.17) is 4.74 Å². The number of hydrogen-bond donors (Lipinski definition) is 1. The van der Waals surface area contributed by atoms with Gasteiger partial charge in [-0.25, -0.2) is 0 Å². The molecular formula is C14H19BrN2O2. The molecule has 1 atom stereocenters. The second-order valence-corrected chi connectivity index (χ2v) is 5.74. The molecule has 1 saturated heterocycles. The Morgan fingerprint density at radius 2 is 2.37 bits per heavy atom. The largest absolute Gasteiger partial charge is 0.366 e. The Kier molecular flexibility index (Phi) is 4.96. The van der Waals surface area contributed by atoms with Gasteiger partial charge < -0.3 is 15.0 Å². The normalized spacial score (nSPS) is 19.2. The molecule has 5 heteroatoms. The quantitative estimate of drug-likeness (QED) is 0.919. The Balaban J connectivity index is 2.01. The van der Waals surface area contributed by atoms with Crippen LogP contribution in [0.5, 0.6) is 0 Å². The minimum Gasteiger partial charge on any atom is -0.366 e. The lowest BCUT2D eigenvalue weighted by atomic mass is 10.1. The number of rotatable bonds is 3. The molecule has 0 aromatic heterocycles. The first-order valence-corrected chi connectivity index (χ1v) is 7.19. The molecule has 0 radical (unpaired) electrons. The van der Waals surface area contributed by atoms with Crippen molar-refractivity contribution in [3.63, 3.8) is 0 Å². The molecule has 19 heavy (non-hydrogen) atoms. The van der Waals surface area contributed by atoms with E-state index in [2.05, 4.69) is 40.3 Å². The molecule has 1 fully saturated rings. The number of aryl methyl sites for hydroxylation is 1. The Hall–Kier alpha value is -0.910. The van der Waals surface area contributed by atoms with Crippen molar-refractivity contribution in [1.29, 1.82) is 0 Å². The summed E-state index contributed by atoms with van der Waals surface area (Å²) < 4.78 is 6.52. The lowest BCUT2D eigenvalue weighted by Gasteiger charge is -2.27. The summed E-state index contributed by atoms with van der Waals surface area (Å²) in [7, 11) is 1.82. The Bertz CT molecular complexity index is 459. The van der Waals surface area contributed by atoms with Crippen LogP contribution >= 0.6 is 15.9 Å². The Morgan fingerprint density at radius 3 is 3.05 bits per heavy atom. The standard InChI is InChI=1S/C14H19BrN2O2/c1-10-3-4-12(15)7-11(10)9-17(2)14(18)13-8-16-5-6-19-13/h3-4,7,13,16H,5-6,8-9H2,1-2H3. The predicted molar refractivity (Wildman–Crippen MR) is 78.0 cm³/mol. The molecule has 1 unspecified atom stereocenters. The number of ether oxygens (including phenoxy) is 1. The summed E-state index contributed by atoms with van der Waals surface area (Å²) in [6.07, 6.45) is -0.355. The molecule has 1 aliphatic rings. The van der Waals surface area contributed by atoms with Gasteiger partial charge in [0.25, 0.3) is 5.91 Å². The van der Waals surface area contributed by atoms with E-state index in [-0.39, 0.29) is 12.0 Å². The summed E-state index contributed by atoms with van der Waals surface area (Å²) in [4.78, 5) is 14.0. The number of benzene rings is 1. The van der Waals surface area contributed by atoms with Gasteiger partial charge in [-0.3, -0.25) is 4.79 Å². The summed E-state index contributed by atoms with van der Waals surface area (Å²) in [5.41, 5.74) is 2.33. The van der Waals surface area contributed by atoms with Crippen LogP contribution < -0.4 is 5.32 Å². The minimum atomic E-state index is -0.355. The number of carbonyl (C=O) groups excluding carboxylic acids is 1. The molecule has 0 spiro atoms. The van der Waals surface area contributed by atoms with Crippen LogP contribution in [0.2, 0.25) is 0 Å². The summed E-state index contributed by atoms with van der Waals surface area (Å²) >= 11 is 3.46. The van der Waals surface area contributed by atoms with Crippen molar-refractivity contribution in [2.24, 2.45) is 0 Å². The molecule has 0 saturated carbocycles. The van der Waals surface area contributed by atoms with Crippen molar-refractivity contribution in [1.82, 2.24) is 10.2 Å². The van der Waals surface area contributed by atoms with E-state index < -0.39 is 0 Å². The van der Waals surface area contributed by atoms with Crippen LogP contribution in [0, 0.1) is 6.92 Å². The summed E-state index contributed by atoms with van der Waals surface area (Å²) in [5.74, 6) is 0.0339. The number of morpholine rings is 1. The number of hydrogen-bond acceptors (Lipinski definition) is 3. The van der Waals surface area contributed by atoms with Crippen LogP contribution in [0.25, 0.3) is 0 Å². The van der Waals surface area contributed by atoms with Gasteiger partial charge in [-0.15, -0.1) is 0 Å². The van der Waals surface area contributed by atoms with Gasteiger partial charge in [0.2, 0.25) is 0 Å². The lowest BCUT2D eigenvalue weighted by molar-refractivity contribution is -0.144. The van der Waals surface area contributed by atoms with Gasteiger partial charge in [-0.2, -0.15) is 0 Å². The molecule has 1 amide bonds. The SMILES string of the molecule is Cc1ccc(Br)cc1CN(C)C(=O)C1CNCCO1. The second kappa shape index (κ2) is 6.50. The lowest BCUT2D eigenvalue weighted by Crippen LogP contribution is -2.48. The number of nitrogens with zero attached hydrogens (tertiary/aromatic N) is 1. The van der Waals surface area contributed by atoms with Gasteiger partial charge in [0, 0.05) is 31.2 Å². The third-order valence-electron chi connectivity index (χ3n) is 3.30. The van der Waals surface area contributed by atoms with Crippen LogP contribution in [-0.2, 0) is 16.1 Å². The van der Waals surface area contributed by atoms with Gasteiger partial charge in [0.1, 0.15) is 6.10 Å². The highest BCUT2D eigenvalue weighted by atomic mass is 79.9. The number of amides is 1. The van der Waals surface area contributed by atoms with Crippen LogP contribution in [0.4, 0.5) is 0 Å². The number of nitrogens with one attached hydrogen (secondary N) is 1. The van der Waals surface area contributed by atoms with E-state index in [1.165, 1.54) is 5.56 Å². The summed E-state index contributed by atoms with van der Waals surface area (Å²) in [5, 5.41) is 3.17. The molecule has 1 aromatic carbocycles. The Labute approximate surface area is 122 Å². The maximum Gasteiger partial charge on any atom is 0.253 e. The molecule has 1 N–H and O–H groups in total.